The average Bonchev–Trinajstić information content (AvgIpc) is 2.21. The Labute approximate surface area is 78.3 Å². The molecule has 2 bridgehead atoms. The van der Waals surface area contributed by atoms with E-state index in [2.05, 4.69) is 20.8 Å². The Morgan fingerprint density at radius 2 is 2.17 bits per heavy atom. The summed E-state index contributed by atoms with van der Waals surface area (Å²) in [5.41, 5.74) is 0. The van der Waals surface area contributed by atoms with Gasteiger partial charge in [-0.2, -0.15) is 11.8 Å². The molecule has 1 nitrogen and oxygen atoms in total. The fourth-order valence-corrected chi connectivity index (χ4v) is 4.21. The van der Waals surface area contributed by atoms with Crippen LogP contribution < -0.4 is 0 Å². The standard InChI is InChI=1S/C10H16OS/c1-6-8(11)4-7-5-9(6)12-10(7,2)3/h6-7,9H,4-5H2,1-3H3/t6-,7+,9+/m1/s1. The van der Waals surface area contributed by atoms with Gasteiger partial charge in [0.15, 0.2) is 0 Å². The number of fused-ring (bicyclic) bond motifs is 2. The molecule has 0 radical (unpaired) electrons. The molecule has 2 heteroatoms. The van der Waals surface area contributed by atoms with E-state index in [0.29, 0.717) is 27.6 Å². The number of ketones is 1. The van der Waals surface area contributed by atoms with Crippen molar-refractivity contribution in [3.05, 3.63) is 0 Å². The van der Waals surface area contributed by atoms with Crippen LogP contribution >= 0.6 is 11.8 Å². The quantitative estimate of drug-likeness (QED) is 0.575. The van der Waals surface area contributed by atoms with E-state index in [0.717, 1.165) is 6.42 Å². The minimum atomic E-state index is 0.313. The van der Waals surface area contributed by atoms with Gasteiger partial charge in [0, 0.05) is 22.3 Å². The van der Waals surface area contributed by atoms with Gasteiger partial charge in [0.1, 0.15) is 5.78 Å². The zero-order chi connectivity index (χ0) is 8.93. The number of thioether (sulfide) groups is 1. The van der Waals surface area contributed by atoms with Gasteiger partial charge in [-0.3, -0.25) is 4.79 Å². The molecule has 1 heterocycles. The van der Waals surface area contributed by atoms with Crippen molar-refractivity contribution in [2.45, 2.75) is 43.6 Å². The molecule has 0 unspecified atom stereocenters. The summed E-state index contributed by atoms with van der Waals surface area (Å²) in [7, 11) is 0. The number of rotatable bonds is 0. The molecule has 2 fully saturated rings. The zero-order valence-electron chi connectivity index (χ0n) is 7.96. The Morgan fingerprint density at radius 3 is 2.83 bits per heavy atom. The Bertz CT molecular complexity index is 222. The SMILES string of the molecule is C[C@@H]1C(=O)C[C@H]2C[C@@H]1SC2(C)C. The summed E-state index contributed by atoms with van der Waals surface area (Å²) in [6.07, 6.45) is 2.10. The van der Waals surface area contributed by atoms with Gasteiger partial charge in [0.05, 0.1) is 0 Å². The van der Waals surface area contributed by atoms with Gasteiger partial charge in [-0.05, 0) is 12.3 Å². The molecular weight excluding hydrogens is 168 g/mol. The van der Waals surface area contributed by atoms with E-state index in [9.17, 15) is 4.79 Å². The summed E-state index contributed by atoms with van der Waals surface area (Å²) in [6, 6.07) is 0. The van der Waals surface area contributed by atoms with Crippen molar-refractivity contribution >= 4 is 17.5 Å². The molecule has 1 aliphatic heterocycles. The Morgan fingerprint density at radius 1 is 1.50 bits per heavy atom. The predicted octanol–water partition coefficient (Wildman–Crippen LogP) is 2.50. The Hall–Kier alpha value is 0.0200. The van der Waals surface area contributed by atoms with Crippen LogP contribution in [0.2, 0.25) is 0 Å². The van der Waals surface area contributed by atoms with Gasteiger partial charge in [0.2, 0.25) is 0 Å². The highest BCUT2D eigenvalue weighted by Crippen LogP contribution is 2.54. The summed E-state index contributed by atoms with van der Waals surface area (Å²) >= 11 is 2.03. The molecule has 68 valence electrons. The Kier molecular flexibility index (Phi) is 1.80. The molecule has 0 amide bonds. The van der Waals surface area contributed by atoms with Crippen LogP contribution in [0.25, 0.3) is 0 Å². The highest BCUT2D eigenvalue weighted by atomic mass is 32.2. The van der Waals surface area contributed by atoms with Crippen molar-refractivity contribution in [2.75, 3.05) is 0 Å². The van der Waals surface area contributed by atoms with Crippen molar-refractivity contribution in [3.63, 3.8) is 0 Å². The molecule has 0 aromatic carbocycles. The third-order valence-corrected chi connectivity index (χ3v) is 5.31. The van der Waals surface area contributed by atoms with Gasteiger partial charge in [-0.1, -0.05) is 20.8 Å². The van der Waals surface area contributed by atoms with E-state index in [1.807, 2.05) is 11.8 Å². The first-order valence-electron chi connectivity index (χ1n) is 4.71. The van der Waals surface area contributed by atoms with E-state index in [1.165, 1.54) is 6.42 Å². The molecule has 12 heavy (non-hydrogen) atoms. The highest BCUT2D eigenvalue weighted by molar-refractivity contribution is 8.01. The van der Waals surface area contributed by atoms with Gasteiger partial charge in [-0.25, -0.2) is 0 Å². The highest BCUT2D eigenvalue weighted by Gasteiger charge is 2.49. The third-order valence-electron chi connectivity index (χ3n) is 3.47. The number of carbonyl (C=O) groups excluding carboxylic acids is 1. The number of hydrogen-bond donors (Lipinski definition) is 0. The zero-order valence-corrected chi connectivity index (χ0v) is 8.78. The second-order valence-corrected chi connectivity index (χ2v) is 6.54. The molecule has 0 aromatic rings. The van der Waals surface area contributed by atoms with Gasteiger partial charge in [-0.15, -0.1) is 0 Å². The lowest BCUT2D eigenvalue weighted by Gasteiger charge is -2.26. The minimum absolute atomic E-state index is 0.313. The van der Waals surface area contributed by atoms with Crippen LogP contribution in [0.15, 0.2) is 0 Å². The van der Waals surface area contributed by atoms with Gasteiger partial charge < -0.3 is 0 Å². The summed E-state index contributed by atoms with van der Waals surface area (Å²) in [6.45, 7) is 6.67. The maximum Gasteiger partial charge on any atom is 0.137 e. The second kappa shape index (κ2) is 2.50. The molecule has 1 saturated heterocycles. The predicted molar refractivity (Wildman–Crippen MR) is 52.4 cm³/mol. The fraction of sp³-hybridized carbons (Fsp3) is 0.900. The van der Waals surface area contributed by atoms with E-state index in [1.54, 1.807) is 0 Å². The smallest absolute Gasteiger partial charge is 0.137 e. The van der Waals surface area contributed by atoms with E-state index in [4.69, 9.17) is 0 Å². The van der Waals surface area contributed by atoms with Crippen molar-refractivity contribution in [3.8, 4) is 0 Å². The maximum atomic E-state index is 11.5. The lowest BCUT2D eigenvalue weighted by Crippen LogP contribution is -2.30. The second-order valence-electron chi connectivity index (χ2n) is 4.65. The Balaban J connectivity index is 2.24. The average molecular weight is 184 g/mol. The first-order valence-corrected chi connectivity index (χ1v) is 5.59. The molecule has 3 atom stereocenters. The molecule has 0 aromatic heterocycles. The summed E-state index contributed by atoms with van der Waals surface area (Å²) < 4.78 is 0.352. The van der Waals surface area contributed by atoms with Crippen LogP contribution in [0.5, 0.6) is 0 Å². The van der Waals surface area contributed by atoms with E-state index >= 15 is 0 Å². The normalized spacial score (nSPS) is 44.9. The van der Waals surface area contributed by atoms with Crippen LogP contribution in [0, 0.1) is 11.8 Å². The van der Waals surface area contributed by atoms with Crippen LogP contribution in [0.4, 0.5) is 0 Å². The van der Waals surface area contributed by atoms with E-state index in [-0.39, 0.29) is 0 Å². The van der Waals surface area contributed by atoms with Crippen LogP contribution in [-0.2, 0) is 4.79 Å². The first-order chi connectivity index (χ1) is 5.50. The van der Waals surface area contributed by atoms with Crippen molar-refractivity contribution < 1.29 is 4.79 Å². The summed E-state index contributed by atoms with van der Waals surface area (Å²) in [5, 5.41) is 0.617. The lowest BCUT2D eigenvalue weighted by molar-refractivity contribution is -0.124. The molecular formula is C10H16OS. The summed E-state index contributed by atoms with van der Waals surface area (Å²) in [4.78, 5) is 11.5. The molecule has 2 aliphatic rings. The van der Waals surface area contributed by atoms with Crippen LogP contribution in [-0.4, -0.2) is 15.8 Å². The lowest BCUT2D eigenvalue weighted by atomic mass is 9.77. The minimum Gasteiger partial charge on any atom is -0.299 e. The number of carbonyl (C=O) groups is 1. The fourth-order valence-electron chi connectivity index (χ4n) is 2.37. The third kappa shape index (κ3) is 1.12. The van der Waals surface area contributed by atoms with Crippen molar-refractivity contribution in [1.82, 2.24) is 0 Å². The largest absolute Gasteiger partial charge is 0.299 e. The first kappa shape index (κ1) is 8.61. The monoisotopic (exact) mass is 184 g/mol. The topological polar surface area (TPSA) is 17.1 Å². The van der Waals surface area contributed by atoms with Crippen molar-refractivity contribution in [1.29, 1.82) is 0 Å². The van der Waals surface area contributed by atoms with Crippen LogP contribution in [0.1, 0.15) is 33.6 Å². The number of Topliss-reactive ketones (excluding diaryl/α,β-unsaturated/α-hetero) is 1. The van der Waals surface area contributed by atoms with Crippen LogP contribution in [0.3, 0.4) is 0 Å². The van der Waals surface area contributed by atoms with Crippen molar-refractivity contribution in [2.24, 2.45) is 11.8 Å². The molecule has 0 N–H and O–H groups in total. The van der Waals surface area contributed by atoms with Gasteiger partial charge in [0.25, 0.3) is 0 Å². The molecule has 2 rings (SSSR count). The van der Waals surface area contributed by atoms with E-state index < -0.39 is 0 Å². The molecule has 1 aliphatic carbocycles. The maximum absolute atomic E-state index is 11.5. The summed E-state index contributed by atoms with van der Waals surface area (Å²) in [5.74, 6) is 1.46. The van der Waals surface area contributed by atoms with Gasteiger partial charge >= 0.3 is 0 Å². The molecule has 0 spiro atoms. The number of hydrogen-bond acceptors (Lipinski definition) is 2. The molecule has 1 saturated carbocycles.